The van der Waals surface area contributed by atoms with Crippen LogP contribution in [-0.4, -0.2) is 41.9 Å². The molecule has 1 aliphatic rings. The molecule has 1 heterocycles. The van der Waals surface area contributed by atoms with Gasteiger partial charge in [0.2, 0.25) is 5.91 Å². The predicted octanol–water partition coefficient (Wildman–Crippen LogP) is 3.24. The lowest BCUT2D eigenvalue weighted by molar-refractivity contribution is -0.130. The van der Waals surface area contributed by atoms with Crippen molar-refractivity contribution in [3.63, 3.8) is 0 Å². The number of carbonyl (C=O) groups is 2. The van der Waals surface area contributed by atoms with Crippen LogP contribution in [0.15, 0.2) is 48.5 Å². The summed E-state index contributed by atoms with van der Waals surface area (Å²) in [7, 11) is 1.59. The van der Waals surface area contributed by atoms with Crippen LogP contribution in [0.5, 0.6) is 5.75 Å². The normalized spacial score (nSPS) is 16.2. The molecule has 3 rings (SSSR count). The van der Waals surface area contributed by atoms with Crippen LogP contribution >= 0.6 is 0 Å². The zero-order valence-electron chi connectivity index (χ0n) is 16.3. The second kappa shape index (κ2) is 9.51. The molecule has 2 aromatic rings. The summed E-state index contributed by atoms with van der Waals surface area (Å²) in [6.07, 6.45) is 2.35. The molecule has 28 heavy (non-hydrogen) atoms. The number of ether oxygens (including phenoxy) is 1. The zero-order chi connectivity index (χ0) is 19.9. The van der Waals surface area contributed by atoms with E-state index in [1.165, 1.54) is 5.56 Å². The summed E-state index contributed by atoms with van der Waals surface area (Å²) in [5.41, 5.74) is 2.72. The Bertz CT molecular complexity index is 816. The molecule has 0 aliphatic carbocycles. The van der Waals surface area contributed by atoms with Crippen molar-refractivity contribution in [2.24, 2.45) is 5.92 Å². The van der Waals surface area contributed by atoms with Gasteiger partial charge in [0.05, 0.1) is 13.7 Å². The minimum atomic E-state index is -0.0208. The molecule has 0 spiro atoms. The monoisotopic (exact) mass is 381 g/mol. The van der Waals surface area contributed by atoms with Gasteiger partial charge in [-0.1, -0.05) is 24.3 Å². The van der Waals surface area contributed by atoms with E-state index in [1.807, 2.05) is 23.1 Å². The Morgan fingerprint density at radius 1 is 1.11 bits per heavy atom. The highest BCUT2D eigenvalue weighted by molar-refractivity contribution is 5.98. The lowest BCUT2D eigenvalue weighted by atomic mass is 9.97. The summed E-state index contributed by atoms with van der Waals surface area (Å²) in [5, 5.41) is 9.26. The number of ketones is 1. The first-order chi connectivity index (χ1) is 13.6. The Labute approximate surface area is 165 Å². The second-order valence-corrected chi connectivity index (χ2v) is 7.33. The van der Waals surface area contributed by atoms with Gasteiger partial charge >= 0.3 is 0 Å². The van der Waals surface area contributed by atoms with Gasteiger partial charge in [0.25, 0.3) is 0 Å². The first-order valence-electron chi connectivity index (χ1n) is 9.72. The van der Waals surface area contributed by atoms with Gasteiger partial charge in [0, 0.05) is 31.5 Å². The van der Waals surface area contributed by atoms with Gasteiger partial charge in [-0.2, -0.15) is 0 Å². The Kier molecular flexibility index (Phi) is 6.82. The van der Waals surface area contributed by atoms with Crippen LogP contribution in [0.4, 0.5) is 0 Å². The van der Waals surface area contributed by atoms with E-state index < -0.39 is 0 Å². The molecular formula is C23H27NO4. The topological polar surface area (TPSA) is 66.8 Å². The van der Waals surface area contributed by atoms with Crippen molar-refractivity contribution in [2.75, 3.05) is 20.2 Å². The lowest BCUT2D eigenvalue weighted by Gasteiger charge is -2.16. The van der Waals surface area contributed by atoms with Crippen LogP contribution in [0, 0.1) is 5.92 Å². The average molecular weight is 381 g/mol. The Hall–Kier alpha value is -2.66. The van der Waals surface area contributed by atoms with E-state index in [0.717, 1.165) is 31.5 Å². The first-order valence-corrected chi connectivity index (χ1v) is 9.72. The van der Waals surface area contributed by atoms with Gasteiger partial charge in [-0.25, -0.2) is 0 Å². The summed E-state index contributed by atoms with van der Waals surface area (Å²) in [6, 6.07) is 14.9. The van der Waals surface area contributed by atoms with Crippen LogP contribution in [0.2, 0.25) is 0 Å². The van der Waals surface area contributed by atoms with Crippen LogP contribution in [-0.2, 0) is 17.8 Å². The minimum absolute atomic E-state index is 0.0208. The Morgan fingerprint density at radius 2 is 1.86 bits per heavy atom. The molecule has 1 atom stereocenters. The molecule has 0 saturated carbocycles. The molecule has 0 unspecified atom stereocenters. The van der Waals surface area contributed by atoms with E-state index in [-0.39, 0.29) is 31.1 Å². The van der Waals surface area contributed by atoms with Crippen molar-refractivity contribution < 1.29 is 19.4 Å². The summed E-state index contributed by atoms with van der Waals surface area (Å²) in [5.74, 6) is 1.16. The summed E-state index contributed by atoms with van der Waals surface area (Å²) >= 11 is 0. The Balaban J connectivity index is 1.46. The molecule has 0 radical (unpaired) electrons. The molecule has 148 valence electrons. The van der Waals surface area contributed by atoms with E-state index in [0.29, 0.717) is 17.2 Å². The summed E-state index contributed by atoms with van der Waals surface area (Å²) < 4.78 is 5.10. The van der Waals surface area contributed by atoms with E-state index in [1.54, 1.807) is 31.4 Å². The minimum Gasteiger partial charge on any atom is -0.497 e. The van der Waals surface area contributed by atoms with Crippen molar-refractivity contribution in [3.05, 3.63) is 65.2 Å². The number of benzene rings is 2. The third-order valence-electron chi connectivity index (χ3n) is 5.31. The van der Waals surface area contributed by atoms with Crippen LogP contribution in [0.3, 0.4) is 0 Å². The molecule has 1 fully saturated rings. The lowest BCUT2D eigenvalue weighted by Crippen LogP contribution is -2.29. The Morgan fingerprint density at radius 3 is 2.57 bits per heavy atom. The van der Waals surface area contributed by atoms with Gasteiger partial charge in [0.1, 0.15) is 5.75 Å². The number of methoxy groups -OCH3 is 1. The average Bonchev–Trinajstić information content (AvgIpc) is 3.20. The molecule has 2 aromatic carbocycles. The maximum Gasteiger partial charge on any atom is 0.223 e. The van der Waals surface area contributed by atoms with Gasteiger partial charge in [-0.05, 0) is 54.2 Å². The fourth-order valence-electron chi connectivity index (χ4n) is 3.71. The maximum atomic E-state index is 12.5. The zero-order valence-corrected chi connectivity index (χ0v) is 16.3. The number of likely N-dealkylation sites (tertiary alicyclic amines) is 1. The van der Waals surface area contributed by atoms with E-state index in [4.69, 9.17) is 4.74 Å². The number of hydrogen-bond acceptors (Lipinski definition) is 4. The predicted molar refractivity (Wildman–Crippen MR) is 107 cm³/mol. The number of carbonyl (C=O) groups excluding carboxylic acids is 2. The van der Waals surface area contributed by atoms with Crippen LogP contribution in [0.1, 0.15) is 40.7 Å². The number of amides is 1. The summed E-state index contributed by atoms with van der Waals surface area (Å²) in [6.45, 7) is 1.53. The van der Waals surface area contributed by atoms with Gasteiger partial charge in [-0.3, -0.25) is 9.59 Å². The number of Topliss-reactive ketones (excluding diaryl/α,β-unsaturated/α-hetero) is 1. The second-order valence-electron chi connectivity index (χ2n) is 7.33. The van der Waals surface area contributed by atoms with Gasteiger partial charge in [0.15, 0.2) is 5.78 Å². The summed E-state index contributed by atoms with van der Waals surface area (Å²) in [4.78, 5) is 26.7. The number of aliphatic hydroxyl groups excluding tert-OH is 1. The molecule has 5 nitrogen and oxygen atoms in total. The van der Waals surface area contributed by atoms with Crippen LogP contribution in [0.25, 0.3) is 0 Å². The standard InChI is InChI=1S/C23H27NO4/c1-28-21-7-5-20(6-8-21)22(26)9-10-23(27)24-12-11-18(15-24)13-17-3-2-4-19(14-17)16-25/h2-8,14,18,25H,9-13,15-16H2,1H3/t18-/m0/s1. The highest BCUT2D eigenvalue weighted by Crippen LogP contribution is 2.22. The quantitative estimate of drug-likeness (QED) is 0.713. The van der Waals surface area contributed by atoms with E-state index >= 15 is 0 Å². The van der Waals surface area contributed by atoms with E-state index in [2.05, 4.69) is 6.07 Å². The van der Waals surface area contributed by atoms with Gasteiger partial charge < -0.3 is 14.7 Å². The largest absolute Gasteiger partial charge is 0.497 e. The third kappa shape index (κ3) is 5.20. The van der Waals surface area contributed by atoms with Crippen LogP contribution < -0.4 is 4.74 Å². The smallest absolute Gasteiger partial charge is 0.223 e. The number of rotatable bonds is 8. The molecule has 1 aliphatic heterocycles. The van der Waals surface area contributed by atoms with Crippen molar-refractivity contribution in [2.45, 2.75) is 32.3 Å². The number of nitrogens with zero attached hydrogens (tertiary/aromatic N) is 1. The molecule has 0 bridgehead atoms. The van der Waals surface area contributed by atoms with Crippen molar-refractivity contribution >= 4 is 11.7 Å². The number of hydrogen-bond donors (Lipinski definition) is 1. The highest BCUT2D eigenvalue weighted by atomic mass is 16.5. The fourth-order valence-corrected chi connectivity index (χ4v) is 3.71. The molecule has 0 aromatic heterocycles. The SMILES string of the molecule is COc1ccc(C(=O)CCC(=O)N2CC[C@@H](Cc3cccc(CO)c3)C2)cc1. The molecule has 1 N–H and O–H groups in total. The van der Waals surface area contributed by atoms with Crippen molar-refractivity contribution in [1.82, 2.24) is 4.90 Å². The van der Waals surface area contributed by atoms with Crippen molar-refractivity contribution in [1.29, 1.82) is 0 Å². The number of aliphatic hydroxyl groups is 1. The molecule has 1 amide bonds. The molecular weight excluding hydrogens is 354 g/mol. The maximum absolute atomic E-state index is 12.5. The van der Waals surface area contributed by atoms with Gasteiger partial charge in [-0.15, -0.1) is 0 Å². The third-order valence-corrected chi connectivity index (χ3v) is 5.31. The fraction of sp³-hybridized carbons (Fsp3) is 0.391. The molecule has 1 saturated heterocycles. The first kappa shape index (κ1) is 20.1. The molecule has 5 heteroatoms. The van der Waals surface area contributed by atoms with Crippen molar-refractivity contribution in [3.8, 4) is 5.75 Å². The van der Waals surface area contributed by atoms with E-state index in [9.17, 15) is 14.7 Å². The highest BCUT2D eigenvalue weighted by Gasteiger charge is 2.26.